The molecule has 3 nitrogen and oxygen atoms in total. The molecule has 1 unspecified atom stereocenters. The zero-order valence-electron chi connectivity index (χ0n) is 13.2. The van der Waals surface area contributed by atoms with Crippen LogP contribution < -0.4 is 5.32 Å². The molecule has 0 spiro atoms. The molecule has 0 saturated carbocycles. The quantitative estimate of drug-likeness (QED) is 0.900. The molecule has 2 heterocycles. The first-order valence-electron chi connectivity index (χ1n) is 8.43. The summed E-state index contributed by atoms with van der Waals surface area (Å²) in [5.74, 6) is 0.803. The maximum atomic E-state index is 5.27. The maximum absolute atomic E-state index is 5.27. The molecular formula is C18H28N2O. The summed E-state index contributed by atoms with van der Waals surface area (Å²) in [5.41, 5.74) is 4.39. The third kappa shape index (κ3) is 3.78. The molecule has 1 aromatic rings. The van der Waals surface area contributed by atoms with Crippen molar-refractivity contribution in [1.82, 2.24) is 4.90 Å². The number of fused-ring (bicyclic) bond motifs is 1. The van der Waals surface area contributed by atoms with Crippen molar-refractivity contribution in [3.05, 3.63) is 29.3 Å². The summed E-state index contributed by atoms with van der Waals surface area (Å²) in [6.45, 7) is 5.57. The van der Waals surface area contributed by atoms with Crippen LogP contribution in [0.25, 0.3) is 0 Å². The molecular weight excluding hydrogens is 260 g/mol. The Morgan fingerprint density at radius 1 is 1.33 bits per heavy atom. The number of hydrogen-bond donors (Lipinski definition) is 1. The average Bonchev–Trinajstić information content (AvgIpc) is 2.87. The molecule has 2 aliphatic rings. The first-order valence-corrected chi connectivity index (χ1v) is 8.43. The predicted octanol–water partition coefficient (Wildman–Crippen LogP) is 3.29. The monoisotopic (exact) mass is 288 g/mol. The van der Waals surface area contributed by atoms with Gasteiger partial charge in [-0.1, -0.05) is 24.6 Å². The van der Waals surface area contributed by atoms with Crippen LogP contribution in [0.3, 0.4) is 0 Å². The largest absolute Gasteiger partial charge is 0.385 e. The van der Waals surface area contributed by atoms with Crippen LogP contribution in [-0.2, 0) is 17.7 Å². The van der Waals surface area contributed by atoms with Crippen molar-refractivity contribution in [3.8, 4) is 0 Å². The highest BCUT2D eigenvalue weighted by molar-refractivity contribution is 5.61. The van der Waals surface area contributed by atoms with Crippen LogP contribution in [0, 0.1) is 5.92 Å². The molecule has 0 aromatic heterocycles. The molecule has 2 aliphatic heterocycles. The Morgan fingerprint density at radius 2 is 2.29 bits per heavy atom. The first-order chi connectivity index (χ1) is 10.4. The number of likely N-dealkylation sites (tertiary alicyclic amines) is 1. The van der Waals surface area contributed by atoms with Crippen LogP contribution >= 0.6 is 0 Å². The van der Waals surface area contributed by atoms with Gasteiger partial charge < -0.3 is 10.1 Å². The van der Waals surface area contributed by atoms with Gasteiger partial charge in [0.2, 0.25) is 0 Å². The van der Waals surface area contributed by atoms with E-state index in [4.69, 9.17) is 4.74 Å². The molecule has 3 rings (SSSR count). The molecule has 1 aromatic carbocycles. The van der Waals surface area contributed by atoms with Crippen LogP contribution in [0.1, 0.15) is 36.8 Å². The van der Waals surface area contributed by atoms with E-state index in [1.165, 1.54) is 62.0 Å². The second kappa shape index (κ2) is 7.28. The van der Waals surface area contributed by atoms with Crippen LogP contribution in [0.4, 0.5) is 5.69 Å². The van der Waals surface area contributed by atoms with Gasteiger partial charge in [-0.25, -0.2) is 0 Å². The van der Waals surface area contributed by atoms with E-state index in [-0.39, 0.29) is 0 Å². The van der Waals surface area contributed by atoms with Crippen molar-refractivity contribution in [3.63, 3.8) is 0 Å². The molecule has 1 atom stereocenters. The van der Waals surface area contributed by atoms with Crippen LogP contribution in [-0.4, -0.2) is 38.3 Å². The van der Waals surface area contributed by atoms with Crippen LogP contribution in [0.2, 0.25) is 0 Å². The number of benzene rings is 1. The summed E-state index contributed by atoms with van der Waals surface area (Å²) in [7, 11) is 1.81. The molecule has 21 heavy (non-hydrogen) atoms. The van der Waals surface area contributed by atoms with Gasteiger partial charge in [0, 0.05) is 39.0 Å². The second-order valence-corrected chi connectivity index (χ2v) is 6.51. The van der Waals surface area contributed by atoms with Gasteiger partial charge in [0.15, 0.2) is 0 Å². The standard InChI is InChI=1S/C18H28N2O/c1-21-12-9-15-5-2-3-11-20(13-15)14-17-7-4-6-16-8-10-19-18(16)17/h4,6-7,15,19H,2-3,5,8-14H2,1H3. The van der Waals surface area contributed by atoms with Crippen LogP contribution in [0.5, 0.6) is 0 Å². The Balaban J connectivity index is 1.64. The zero-order chi connectivity index (χ0) is 14.5. The average molecular weight is 288 g/mol. The van der Waals surface area contributed by atoms with Crippen molar-refractivity contribution >= 4 is 5.69 Å². The van der Waals surface area contributed by atoms with E-state index in [9.17, 15) is 0 Å². The third-order valence-electron chi connectivity index (χ3n) is 4.91. The van der Waals surface area contributed by atoms with Gasteiger partial charge >= 0.3 is 0 Å². The molecule has 0 bridgehead atoms. The zero-order valence-corrected chi connectivity index (χ0v) is 13.2. The van der Waals surface area contributed by atoms with Crippen molar-refractivity contribution in [2.45, 2.75) is 38.6 Å². The minimum atomic E-state index is 0.803. The lowest BCUT2D eigenvalue weighted by atomic mass is 10.00. The Labute approximate surface area is 128 Å². The normalized spacial score (nSPS) is 22.6. The van der Waals surface area contributed by atoms with Crippen molar-refractivity contribution in [1.29, 1.82) is 0 Å². The molecule has 1 saturated heterocycles. The van der Waals surface area contributed by atoms with Crippen molar-refractivity contribution in [2.24, 2.45) is 5.92 Å². The summed E-state index contributed by atoms with van der Waals surface area (Å²) < 4.78 is 5.27. The lowest BCUT2D eigenvalue weighted by molar-refractivity contribution is 0.158. The lowest BCUT2D eigenvalue weighted by Crippen LogP contribution is -2.28. The minimum Gasteiger partial charge on any atom is -0.385 e. The Morgan fingerprint density at radius 3 is 3.19 bits per heavy atom. The lowest BCUT2D eigenvalue weighted by Gasteiger charge is -2.25. The van der Waals surface area contributed by atoms with Gasteiger partial charge in [0.05, 0.1) is 0 Å². The fourth-order valence-electron chi connectivity index (χ4n) is 3.76. The highest BCUT2D eigenvalue weighted by Crippen LogP contribution is 2.29. The minimum absolute atomic E-state index is 0.803. The number of para-hydroxylation sites is 1. The van der Waals surface area contributed by atoms with E-state index >= 15 is 0 Å². The Bertz CT molecular complexity index is 461. The molecule has 0 amide bonds. The summed E-state index contributed by atoms with van der Waals surface area (Å²) in [6, 6.07) is 6.79. The van der Waals surface area contributed by atoms with Gasteiger partial charge in [0.1, 0.15) is 0 Å². The van der Waals surface area contributed by atoms with E-state index in [0.717, 1.165) is 25.6 Å². The van der Waals surface area contributed by atoms with Crippen molar-refractivity contribution < 1.29 is 4.74 Å². The van der Waals surface area contributed by atoms with Crippen LogP contribution in [0.15, 0.2) is 18.2 Å². The van der Waals surface area contributed by atoms with Gasteiger partial charge in [-0.3, -0.25) is 4.90 Å². The highest BCUT2D eigenvalue weighted by atomic mass is 16.5. The smallest absolute Gasteiger partial charge is 0.0465 e. The number of nitrogens with zero attached hydrogens (tertiary/aromatic N) is 1. The molecule has 1 fully saturated rings. The number of hydrogen-bond acceptors (Lipinski definition) is 3. The molecule has 116 valence electrons. The van der Waals surface area contributed by atoms with E-state index < -0.39 is 0 Å². The second-order valence-electron chi connectivity index (χ2n) is 6.51. The molecule has 1 N–H and O–H groups in total. The molecule has 0 radical (unpaired) electrons. The van der Waals surface area contributed by atoms with Gasteiger partial charge in [-0.05, 0) is 49.3 Å². The number of anilines is 1. The first kappa shape index (κ1) is 14.9. The summed E-state index contributed by atoms with van der Waals surface area (Å²) in [4.78, 5) is 2.66. The predicted molar refractivity (Wildman–Crippen MR) is 87.7 cm³/mol. The van der Waals surface area contributed by atoms with E-state index in [2.05, 4.69) is 28.4 Å². The van der Waals surface area contributed by atoms with E-state index in [0.29, 0.717) is 0 Å². The fourth-order valence-corrected chi connectivity index (χ4v) is 3.76. The molecule has 3 heteroatoms. The van der Waals surface area contributed by atoms with E-state index in [1.807, 2.05) is 7.11 Å². The number of methoxy groups -OCH3 is 1. The molecule has 0 aliphatic carbocycles. The number of nitrogens with one attached hydrogen (secondary N) is 1. The van der Waals surface area contributed by atoms with E-state index in [1.54, 1.807) is 0 Å². The Hall–Kier alpha value is -1.06. The summed E-state index contributed by atoms with van der Waals surface area (Å²) >= 11 is 0. The fraction of sp³-hybridized carbons (Fsp3) is 0.667. The Kier molecular flexibility index (Phi) is 5.15. The summed E-state index contributed by atoms with van der Waals surface area (Å²) in [6.07, 6.45) is 6.46. The third-order valence-corrected chi connectivity index (χ3v) is 4.91. The number of rotatable bonds is 5. The number of ether oxygens (including phenoxy) is 1. The van der Waals surface area contributed by atoms with Crippen molar-refractivity contribution in [2.75, 3.05) is 38.7 Å². The SMILES string of the molecule is COCCC1CCCCN(Cc2cccc3c2NCC3)C1. The topological polar surface area (TPSA) is 24.5 Å². The van der Waals surface area contributed by atoms with Gasteiger partial charge in [0.25, 0.3) is 0 Å². The highest BCUT2D eigenvalue weighted by Gasteiger charge is 2.20. The van der Waals surface area contributed by atoms with Gasteiger partial charge in [-0.15, -0.1) is 0 Å². The van der Waals surface area contributed by atoms with Gasteiger partial charge in [-0.2, -0.15) is 0 Å². The summed E-state index contributed by atoms with van der Waals surface area (Å²) in [5, 5.41) is 3.57. The maximum Gasteiger partial charge on any atom is 0.0465 e.